The molecule has 2 rings (SSSR count). The molecule has 1 aliphatic rings. The van der Waals surface area contributed by atoms with Gasteiger partial charge in [0, 0.05) is 38.6 Å². The van der Waals surface area contributed by atoms with Crippen LogP contribution in [0.2, 0.25) is 5.15 Å². The summed E-state index contributed by atoms with van der Waals surface area (Å²) in [6.07, 6.45) is 3.94. The highest BCUT2D eigenvalue weighted by Gasteiger charge is 2.29. The second kappa shape index (κ2) is 7.24. The van der Waals surface area contributed by atoms with Crippen LogP contribution in [0.5, 0.6) is 0 Å². The van der Waals surface area contributed by atoms with E-state index in [0.717, 1.165) is 31.7 Å². The average molecular weight is 327 g/mol. The van der Waals surface area contributed by atoms with Crippen LogP contribution in [0.25, 0.3) is 0 Å². The van der Waals surface area contributed by atoms with Crippen LogP contribution < -0.4 is 5.32 Å². The summed E-state index contributed by atoms with van der Waals surface area (Å²) in [6.45, 7) is 8.49. The molecule has 0 aromatic carbocycles. The maximum absolute atomic E-state index is 12.0. The summed E-state index contributed by atoms with van der Waals surface area (Å²) in [5.41, 5.74) is 0.294. The highest BCUT2D eigenvalue weighted by atomic mass is 35.5. The lowest BCUT2D eigenvalue weighted by Crippen LogP contribution is -2.36. The number of hydrogen-bond donors (Lipinski definition) is 1. The minimum atomic E-state index is -0.448. The Morgan fingerprint density at radius 1 is 1.45 bits per heavy atom. The van der Waals surface area contributed by atoms with E-state index in [1.54, 1.807) is 17.3 Å². The van der Waals surface area contributed by atoms with E-state index in [1.807, 2.05) is 20.8 Å². The Balaban J connectivity index is 1.73. The Labute approximate surface area is 136 Å². The van der Waals surface area contributed by atoms with E-state index in [4.69, 9.17) is 16.3 Å². The van der Waals surface area contributed by atoms with Crippen LogP contribution >= 0.6 is 11.6 Å². The fourth-order valence-corrected chi connectivity index (χ4v) is 2.53. The third kappa shape index (κ3) is 5.10. The van der Waals surface area contributed by atoms with Crippen molar-refractivity contribution >= 4 is 17.7 Å². The van der Waals surface area contributed by atoms with Gasteiger partial charge in [0.1, 0.15) is 5.60 Å². The zero-order valence-corrected chi connectivity index (χ0v) is 14.1. The van der Waals surface area contributed by atoms with Crippen LogP contribution in [-0.2, 0) is 11.3 Å². The normalized spacial score (nSPS) is 18.5. The van der Waals surface area contributed by atoms with E-state index in [2.05, 4.69) is 15.3 Å². The van der Waals surface area contributed by atoms with Gasteiger partial charge in [0.25, 0.3) is 0 Å². The number of ether oxygens (including phenoxy) is 1. The summed E-state index contributed by atoms with van der Waals surface area (Å²) in [4.78, 5) is 21.9. The Kier molecular flexibility index (Phi) is 5.58. The Bertz CT molecular complexity index is 519. The van der Waals surface area contributed by atoms with Gasteiger partial charge in [-0.15, -0.1) is 0 Å². The van der Waals surface area contributed by atoms with Crippen molar-refractivity contribution in [2.75, 3.05) is 19.6 Å². The molecule has 1 aliphatic heterocycles. The van der Waals surface area contributed by atoms with E-state index in [9.17, 15) is 4.79 Å². The standard InChI is InChI=1S/C15H23ClN4O2/c1-15(2,3)22-14(21)20-7-4-11(10-20)8-17-9-12-13(16)19-6-5-18-12/h5-6,11,17H,4,7-10H2,1-3H3/t11-/m0/s1. The van der Waals surface area contributed by atoms with E-state index in [1.165, 1.54) is 0 Å². The lowest BCUT2D eigenvalue weighted by Gasteiger charge is -2.24. The molecule has 122 valence electrons. The highest BCUT2D eigenvalue weighted by Crippen LogP contribution is 2.19. The molecule has 0 radical (unpaired) electrons. The monoisotopic (exact) mass is 326 g/mol. The number of nitrogens with one attached hydrogen (secondary N) is 1. The molecule has 0 unspecified atom stereocenters. The number of hydrogen-bond acceptors (Lipinski definition) is 5. The summed E-state index contributed by atoms with van der Waals surface area (Å²) in [5.74, 6) is 0.419. The average Bonchev–Trinajstić information content (AvgIpc) is 2.88. The van der Waals surface area contributed by atoms with Gasteiger partial charge in [-0.25, -0.2) is 9.78 Å². The predicted molar refractivity (Wildman–Crippen MR) is 84.7 cm³/mol. The minimum Gasteiger partial charge on any atom is -0.444 e. The zero-order chi connectivity index (χ0) is 16.2. The van der Waals surface area contributed by atoms with Gasteiger partial charge in [-0.2, -0.15) is 0 Å². The molecule has 1 amide bonds. The molecule has 2 heterocycles. The Morgan fingerprint density at radius 2 is 2.18 bits per heavy atom. The number of amides is 1. The first-order valence-corrected chi connectivity index (χ1v) is 7.87. The van der Waals surface area contributed by atoms with E-state index < -0.39 is 5.60 Å². The quantitative estimate of drug-likeness (QED) is 0.920. The summed E-state index contributed by atoms with van der Waals surface area (Å²) in [6, 6.07) is 0. The molecule has 0 spiro atoms. The van der Waals surface area contributed by atoms with Crippen molar-refractivity contribution in [2.24, 2.45) is 5.92 Å². The van der Waals surface area contributed by atoms with Gasteiger partial charge in [0.15, 0.2) is 5.15 Å². The number of carbonyl (C=O) groups is 1. The number of carbonyl (C=O) groups excluding carboxylic acids is 1. The molecule has 1 N–H and O–H groups in total. The van der Waals surface area contributed by atoms with Crippen LogP contribution in [0.1, 0.15) is 32.9 Å². The van der Waals surface area contributed by atoms with Crippen LogP contribution in [-0.4, -0.2) is 46.2 Å². The molecular formula is C15H23ClN4O2. The van der Waals surface area contributed by atoms with Crippen molar-refractivity contribution in [1.29, 1.82) is 0 Å². The summed E-state index contributed by atoms with van der Waals surface area (Å²) in [7, 11) is 0. The molecule has 1 fully saturated rings. The van der Waals surface area contributed by atoms with Gasteiger partial charge in [-0.3, -0.25) is 4.98 Å². The molecule has 1 aromatic heterocycles. The molecule has 22 heavy (non-hydrogen) atoms. The predicted octanol–water partition coefficient (Wildman–Crippen LogP) is 2.48. The molecule has 0 aliphatic carbocycles. The van der Waals surface area contributed by atoms with Crippen molar-refractivity contribution in [3.63, 3.8) is 0 Å². The summed E-state index contributed by atoms with van der Waals surface area (Å²) in [5, 5.41) is 3.75. The zero-order valence-electron chi connectivity index (χ0n) is 13.3. The maximum atomic E-state index is 12.0. The second-order valence-electron chi connectivity index (χ2n) is 6.51. The van der Waals surface area contributed by atoms with Gasteiger partial charge in [-0.05, 0) is 33.1 Å². The molecule has 1 aromatic rings. The fourth-order valence-electron chi connectivity index (χ4n) is 2.35. The SMILES string of the molecule is CC(C)(C)OC(=O)N1CC[C@@H](CNCc2nccnc2Cl)C1. The van der Waals surface area contributed by atoms with Crippen molar-refractivity contribution in [3.05, 3.63) is 23.2 Å². The van der Waals surface area contributed by atoms with Gasteiger partial charge in [-0.1, -0.05) is 11.6 Å². The maximum Gasteiger partial charge on any atom is 0.410 e. The third-order valence-electron chi connectivity index (χ3n) is 3.39. The van der Waals surface area contributed by atoms with Crippen LogP contribution in [0, 0.1) is 5.92 Å². The number of nitrogens with zero attached hydrogens (tertiary/aromatic N) is 3. The molecule has 1 atom stereocenters. The second-order valence-corrected chi connectivity index (χ2v) is 6.86. The molecular weight excluding hydrogens is 304 g/mol. The van der Waals surface area contributed by atoms with Gasteiger partial charge >= 0.3 is 6.09 Å². The Morgan fingerprint density at radius 3 is 2.86 bits per heavy atom. The fraction of sp³-hybridized carbons (Fsp3) is 0.667. The molecule has 7 heteroatoms. The van der Waals surface area contributed by atoms with Crippen molar-refractivity contribution in [2.45, 2.75) is 39.3 Å². The third-order valence-corrected chi connectivity index (χ3v) is 3.70. The minimum absolute atomic E-state index is 0.230. The summed E-state index contributed by atoms with van der Waals surface area (Å²) < 4.78 is 5.39. The topological polar surface area (TPSA) is 67.3 Å². The molecule has 0 bridgehead atoms. The van der Waals surface area contributed by atoms with E-state index in [0.29, 0.717) is 17.6 Å². The van der Waals surface area contributed by atoms with Gasteiger partial charge < -0.3 is 15.0 Å². The Hall–Kier alpha value is -1.40. The lowest BCUT2D eigenvalue weighted by molar-refractivity contribution is 0.0288. The highest BCUT2D eigenvalue weighted by molar-refractivity contribution is 6.29. The smallest absolute Gasteiger partial charge is 0.410 e. The van der Waals surface area contributed by atoms with Crippen LogP contribution in [0.15, 0.2) is 12.4 Å². The first-order valence-electron chi connectivity index (χ1n) is 7.49. The van der Waals surface area contributed by atoms with Crippen molar-refractivity contribution < 1.29 is 9.53 Å². The number of aromatic nitrogens is 2. The van der Waals surface area contributed by atoms with Crippen molar-refractivity contribution in [3.8, 4) is 0 Å². The van der Waals surface area contributed by atoms with Crippen LogP contribution in [0.4, 0.5) is 4.79 Å². The molecule has 6 nitrogen and oxygen atoms in total. The van der Waals surface area contributed by atoms with E-state index in [-0.39, 0.29) is 6.09 Å². The van der Waals surface area contributed by atoms with E-state index >= 15 is 0 Å². The van der Waals surface area contributed by atoms with Gasteiger partial charge in [0.05, 0.1) is 5.69 Å². The van der Waals surface area contributed by atoms with Crippen LogP contribution in [0.3, 0.4) is 0 Å². The number of rotatable bonds is 4. The van der Waals surface area contributed by atoms with Gasteiger partial charge in [0.2, 0.25) is 0 Å². The summed E-state index contributed by atoms with van der Waals surface area (Å²) >= 11 is 5.96. The van der Waals surface area contributed by atoms with Crippen molar-refractivity contribution in [1.82, 2.24) is 20.2 Å². The first-order chi connectivity index (χ1) is 10.3. The number of likely N-dealkylation sites (tertiary alicyclic amines) is 1. The largest absolute Gasteiger partial charge is 0.444 e. The first kappa shape index (κ1) is 17.0. The molecule has 1 saturated heterocycles. The lowest BCUT2D eigenvalue weighted by atomic mass is 10.1. The molecule has 0 saturated carbocycles. The number of halogens is 1.